The largest absolute Gasteiger partial charge is 0.466 e. The highest BCUT2D eigenvalue weighted by atomic mass is 16.5. The molecule has 0 aromatic carbocycles. The summed E-state index contributed by atoms with van der Waals surface area (Å²) >= 11 is 0. The summed E-state index contributed by atoms with van der Waals surface area (Å²) in [6, 6.07) is -0.534. The Hall–Kier alpha value is -1.66. The fraction of sp³-hybridized carbons (Fsp3) is 0.920. The number of carbonyl (C=O) groups excluding carboxylic acids is 2. The molecule has 0 saturated heterocycles. The van der Waals surface area contributed by atoms with Gasteiger partial charge in [0.15, 0.2) is 0 Å². The molecule has 0 fully saturated rings. The van der Waals surface area contributed by atoms with E-state index >= 15 is 0 Å². The number of unbranched alkanes of at least 4 members (excludes halogenated alkanes) is 55. The Balaban J connectivity index is 3.26. The van der Waals surface area contributed by atoms with Crippen LogP contribution in [0.4, 0.5) is 0 Å². The van der Waals surface area contributed by atoms with Gasteiger partial charge in [0.05, 0.1) is 25.4 Å². The highest BCUT2D eigenvalue weighted by molar-refractivity contribution is 5.76. The van der Waals surface area contributed by atoms with Gasteiger partial charge in [-0.3, -0.25) is 9.59 Å². The number of ether oxygens (including phenoxy) is 1. The van der Waals surface area contributed by atoms with Gasteiger partial charge in [0.25, 0.3) is 0 Å². The fourth-order valence-corrected chi connectivity index (χ4v) is 11.9. The Morgan fingerprint density at radius 1 is 0.346 bits per heavy atom. The van der Waals surface area contributed by atoms with Crippen molar-refractivity contribution in [2.24, 2.45) is 0 Å². The first-order chi connectivity index (χ1) is 40.0. The molecular formula is C75H145NO5. The predicted molar refractivity (Wildman–Crippen MR) is 356 cm³/mol. The zero-order valence-electron chi connectivity index (χ0n) is 55.0. The van der Waals surface area contributed by atoms with Gasteiger partial charge in [0.1, 0.15) is 0 Å². The van der Waals surface area contributed by atoms with E-state index in [0.29, 0.717) is 25.9 Å². The lowest BCUT2D eigenvalue weighted by atomic mass is 10.0. The summed E-state index contributed by atoms with van der Waals surface area (Å²) in [7, 11) is 0. The van der Waals surface area contributed by atoms with Crippen LogP contribution in [-0.4, -0.2) is 47.4 Å². The van der Waals surface area contributed by atoms with Crippen molar-refractivity contribution in [1.82, 2.24) is 5.32 Å². The van der Waals surface area contributed by atoms with Gasteiger partial charge >= 0.3 is 5.97 Å². The zero-order chi connectivity index (χ0) is 58.5. The molecule has 1 amide bonds. The van der Waals surface area contributed by atoms with Crippen molar-refractivity contribution in [1.29, 1.82) is 0 Å². The number of hydrogen-bond acceptors (Lipinski definition) is 5. The van der Waals surface area contributed by atoms with Crippen LogP contribution in [0.2, 0.25) is 0 Å². The SMILES string of the molecule is CCCCCC/C=C\C/C=C\CCCCCCCCCC(=O)OCCCCCCCCCCCCCCCCCCCCCCCCCCCCCCCCCCCCCCCC(=O)NC(CO)C(O)CCCCCCCCCCC. The second kappa shape index (κ2) is 70.8. The quantitative estimate of drug-likeness (QED) is 0.0320. The van der Waals surface area contributed by atoms with Crippen LogP contribution in [0.1, 0.15) is 418 Å². The molecule has 6 nitrogen and oxygen atoms in total. The molecule has 0 rings (SSSR count). The van der Waals surface area contributed by atoms with E-state index in [-0.39, 0.29) is 18.5 Å². The van der Waals surface area contributed by atoms with Crippen LogP contribution in [0.5, 0.6) is 0 Å². The summed E-state index contributed by atoms with van der Waals surface area (Å²) in [5.41, 5.74) is 0. The number of esters is 1. The molecule has 0 heterocycles. The maximum Gasteiger partial charge on any atom is 0.305 e. The van der Waals surface area contributed by atoms with Crippen molar-refractivity contribution in [2.45, 2.75) is 431 Å². The summed E-state index contributed by atoms with van der Waals surface area (Å²) in [5.74, 6) is -0.0131. The third kappa shape index (κ3) is 67.3. The Kier molecular flexibility index (Phi) is 69.4. The Morgan fingerprint density at radius 3 is 0.951 bits per heavy atom. The zero-order valence-corrected chi connectivity index (χ0v) is 55.0. The van der Waals surface area contributed by atoms with Crippen LogP contribution in [0.15, 0.2) is 24.3 Å². The highest BCUT2D eigenvalue weighted by Crippen LogP contribution is 2.20. The number of allylic oxidation sites excluding steroid dienone is 4. The molecule has 0 bridgehead atoms. The molecule has 0 aliphatic heterocycles. The van der Waals surface area contributed by atoms with Crippen LogP contribution >= 0.6 is 0 Å². The minimum atomic E-state index is -0.657. The standard InChI is InChI=1S/C75H145NO5/c1-3-5-7-9-11-13-14-15-16-17-40-43-46-49-53-57-61-65-69-75(80)81-70-66-62-58-54-50-47-44-41-38-36-34-32-30-28-26-24-22-20-18-19-21-23-25-27-29-31-33-35-37-39-42-45-48-52-56-60-64-68-74(79)76-72(71-77)73(78)67-63-59-55-51-12-10-8-6-4-2/h13-14,16-17,72-73,77-78H,3-12,15,18-71H2,1-2H3,(H,76,79)/b14-13-,17-16-. The van der Waals surface area contributed by atoms with E-state index in [0.717, 1.165) is 51.4 Å². The van der Waals surface area contributed by atoms with Gasteiger partial charge in [-0.25, -0.2) is 0 Å². The van der Waals surface area contributed by atoms with Crippen molar-refractivity contribution < 1.29 is 24.5 Å². The van der Waals surface area contributed by atoms with Gasteiger partial charge in [-0.1, -0.05) is 372 Å². The van der Waals surface area contributed by atoms with Crippen LogP contribution in [0.3, 0.4) is 0 Å². The molecule has 81 heavy (non-hydrogen) atoms. The molecule has 0 spiro atoms. The summed E-state index contributed by atoms with van der Waals surface area (Å²) in [6.07, 6.45) is 89.9. The molecule has 0 saturated carbocycles. The lowest BCUT2D eigenvalue weighted by molar-refractivity contribution is -0.143. The van der Waals surface area contributed by atoms with E-state index in [4.69, 9.17) is 4.74 Å². The normalized spacial score (nSPS) is 12.6. The van der Waals surface area contributed by atoms with Crippen molar-refractivity contribution >= 4 is 11.9 Å². The molecule has 2 atom stereocenters. The van der Waals surface area contributed by atoms with Crippen LogP contribution in [-0.2, 0) is 14.3 Å². The second-order valence-corrected chi connectivity index (χ2v) is 25.6. The average molecular weight is 1140 g/mol. The van der Waals surface area contributed by atoms with Crippen molar-refractivity contribution in [3.63, 3.8) is 0 Å². The molecular weight excluding hydrogens is 995 g/mol. The minimum Gasteiger partial charge on any atom is -0.466 e. The maximum atomic E-state index is 12.4. The van der Waals surface area contributed by atoms with Crippen LogP contribution in [0.25, 0.3) is 0 Å². The van der Waals surface area contributed by atoms with E-state index in [2.05, 4.69) is 43.5 Å². The van der Waals surface area contributed by atoms with Crippen molar-refractivity contribution in [2.75, 3.05) is 13.2 Å². The maximum absolute atomic E-state index is 12.4. The lowest BCUT2D eigenvalue weighted by Crippen LogP contribution is -2.45. The summed E-state index contributed by atoms with van der Waals surface area (Å²) in [6.45, 7) is 4.95. The number of hydrogen-bond donors (Lipinski definition) is 3. The van der Waals surface area contributed by atoms with E-state index in [1.165, 1.54) is 334 Å². The number of carbonyl (C=O) groups is 2. The number of aliphatic hydroxyl groups excluding tert-OH is 2. The number of aliphatic hydroxyl groups is 2. The van der Waals surface area contributed by atoms with E-state index < -0.39 is 12.1 Å². The third-order valence-corrected chi connectivity index (χ3v) is 17.5. The molecule has 0 aromatic rings. The van der Waals surface area contributed by atoms with E-state index in [1.54, 1.807) is 0 Å². The van der Waals surface area contributed by atoms with Crippen molar-refractivity contribution in [3.05, 3.63) is 24.3 Å². The van der Waals surface area contributed by atoms with Crippen LogP contribution < -0.4 is 5.32 Å². The fourth-order valence-electron chi connectivity index (χ4n) is 11.9. The van der Waals surface area contributed by atoms with E-state index in [1.807, 2.05) is 0 Å². The smallest absolute Gasteiger partial charge is 0.305 e. The van der Waals surface area contributed by atoms with Gasteiger partial charge in [-0.15, -0.1) is 0 Å². The van der Waals surface area contributed by atoms with Gasteiger partial charge in [0.2, 0.25) is 5.91 Å². The summed E-state index contributed by atoms with van der Waals surface area (Å²) in [4.78, 5) is 24.5. The van der Waals surface area contributed by atoms with Gasteiger partial charge in [-0.05, 0) is 57.8 Å². The molecule has 480 valence electrons. The minimum absolute atomic E-state index is 0.0166. The average Bonchev–Trinajstić information content (AvgIpc) is 3.47. The molecule has 0 aliphatic rings. The Labute approximate surface area is 507 Å². The molecule has 2 unspecified atom stereocenters. The second-order valence-electron chi connectivity index (χ2n) is 25.6. The number of rotatable bonds is 70. The first kappa shape index (κ1) is 79.3. The molecule has 3 N–H and O–H groups in total. The van der Waals surface area contributed by atoms with Gasteiger partial charge < -0.3 is 20.3 Å². The van der Waals surface area contributed by atoms with Crippen LogP contribution in [0, 0.1) is 0 Å². The Morgan fingerprint density at radius 2 is 0.617 bits per heavy atom. The lowest BCUT2D eigenvalue weighted by Gasteiger charge is -2.22. The number of nitrogens with one attached hydrogen (secondary N) is 1. The first-order valence-corrected chi connectivity index (χ1v) is 37.1. The summed E-state index contributed by atoms with van der Waals surface area (Å²) in [5, 5.41) is 23.2. The third-order valence-electron chi connectivity index (χ3n) is 17.5. The molecule has 0 radical (unpaired) electrons. The molecule has 0 aliphatic carbocycles. The van der Waals surface area contributed by atoms with Gasteiger partial charge in [0, 0.05) is 12.8 Å². The number of amides is 1. The summed E-state index contributed by atoms with van der Waals surface area (Å²) < 4.78 is 5.51. The highest BCUT2D eigenvalue weighted by Gasteiger charge is 2.20. The first-order valence-electron chi connectivity index (χ1n) is 37.1. The molecule has 6 heteroatoms. The van der Waals surface area contributed by atoms with E-state index in [9.17, 15) is 19.8 Å². The topological polar surface area (TPSA) is 95.9 Å². The van der Waals surface area contributed by atoms with Crippen molar-refractivity contribution in [3.8, 4) is 0 Å². The predicted octanol–water partition coefficient (Wildman–Crippen LogP) is 24.1. The van der Waals surface area contributed by atoms with Gasteiger partial charge in [-0.2, -0.15) is 0 Å². The molecule has 0 aromatic heterocycles. The monoisotopic (exact) mass is 1140 g/mol. The Bertz CT molecular complexity index is 1270.